The molecule has 1 aromatic heterocycles. The first-order valence-electron chi connectivity index (χ1n) is 8.42. The number of para-hydroxylation sites is 1. The number of benzene rings is 3. The van der Waals surface area contributed by atoms with Crippen molar-refractivity contribution in [2.24, 2.45) is 0 Å². The van der Waals surface area contributed by atoms with Crippen LogP contribution < -0.4 is 4.72 Å². The molecule has 4 rings (SSSR count). The van der Waals surface area contributed by atoms with Gasteiger partial charge in [0.15, 0.2) is 0 Å². The first-order valence-corrected chi connectivity index (χ1v) is 10.8. The number of thiazole rings is 1. The Kier molecular flexibility index (Phi) is 4.93. The van der Waals surface area contributed by atoms with Crippen molar-refractivity contribution < 1.29 is 12.8 Å². The standard InChI is InChI=1S/C21H15FN2O2S2/c22-18-12-6-4-10-16(18)21-23-20(14-27-21)17-11-5-7-13-19(17)24-28(25,26)15-8-2-1-3-9-15/h1-14,24H. The largest absolute Gasteiger partial charge is 0.279 e. The fourth-order valence-corrected chi connectivity index (χ4v) is 4.70. The van der Waals surface area contributed by atoms with Gasteiger partial charge in [-0.2, -0.15) is 0 Å². The number of hydrogen-bond acceptors (Lipinski definition) is 4. The molecule has 28 heavy (non-hydrogen) atoms. The Hall–Kier alpha value is -3.03. The van der Waals surface area contributed by atoms with Crippen LogP contribution in [0.4, 0.5) is 10.1 Å². The van der Waals surface area contributed by atoms with E-state index in [1.54, 1.807) is 66.0 Å². The van der Waals surface area contributed by atoms with Crippen LogP contribution >= 0.6 is 11.3 Å². The number of anilines is 1. The molecule has 0 aliphatic carbocycles. The first-order chi connectivity index (χ1) is 13.5. The van der Waals surface area contributed by atoms with Gasteiger partial charge in [-0.3, -0.25) is 4.72 Å². The molecule has 0 saturated carbocycles. The molecule has 0 spiro atoms. The maximum Gasteiger partial charge on any atom is 0.261 e. The predicted octanol–water partition coefficient (Wildman–Crippen LogP) is 5.42. The van der Waals surface area contributed by atoms with E-state index < -0.39 is 10.0 Å². The molecule has 0 aliphatic heterocycles. The van der Waals surface area contributed by atoms with Crippen LogP contribution in [0, 0.1) is 5.82 Å². The maximum absolute atomic E-state index is 14.1. The van der Waals surface area contributed by atoms with E-state index >= 15 is 0 Å². The molecule has 0 saturated heterocycles. The Morgan fingerprint density at radius 1 is 0.821 bits per heavy atom. The SMILES string of the molecule is O=S(=O)(Nc1ccccc1-c1csc(-c2ccccc2F)n1)c1ccccc1. The number of halogens is 1. The van der Waals surface area contributed by atoms with Crippen molar-refractivity contribution in [1.29, 1.82) is 0 Å². The summed E-state index contributed by atoms with van der Waals surface area (Å²) in [6.07, 6.45) is 0. The minimum absolute atomic E-state index is 0.176. The van der Waals surface area contributed by atoms with Crippen molar-refractivity contribution in [3.63, 3.8) is 0 Å². The van der Waals surface area contributed by atoms with Gasteiger partial charge in [-0.15, -0.1) is 11.3 Å². The summed E-state index contributed by atoms with van der Waals surface area (Å²) in [5, 5.41) is 2.33. The van der Waals surface area contributed by atoms with E-state index in [-0.39, 0.29) is 10.7 Å². The van der Waals surface area contributed by atoms with E-state index in [0.717, 1.165) is 0 Å². The lowest BCUT2D eigenvalue weighted by atomic mass is 10.1. The molecule has 7 heteroatoms. The molecule has 0 aliphatic rings. The van der Waals surface area contributed by atoms with Gasteiger partial charge in [0.2, 0.25) is 0 Å². The summed E-state index contributed by atoms with van der Waals surface area (Å²) in [7, 11) is -3.73. The summed E-state index contributed by atoms with van der Waals surface area (Å²) in [5.41, 5.74) is 2.04. The normalized spacial score (nSPS) is 11.3. The maximum atomic E-state index is 14.1. The number of nitrogens with one attached hydrogen (secondary N) is 1. The number of aromatic nitrogens is 1. The van der Waals surface area contributed by atoms with Gasteiger partial charge in [-0.25, -0.2) is 17.8 Å². The van der Waals surface area contributed by atoms with Gasteiger partial charge < -0.3 is 0 Å². The van der Waals surface area contributed by atoms with Crippen molar-refractivity contribution in [3.05, 3.63) is 90.1 Å². The number of sulfonamides is 1. The van der Waals surface area contributed by atoms with Crippen molar-refractivity contribution in [2.45, 2.75) is 4.90 Å². The molecule has 0 unspecified atom stereocenters. The molecular formula is C21H15FN2O2S2. The van der Waals surface area contributed by atoms with Gasteiger partial charge in [0.05, 0.1) is 16.3 Å². The lowest BCUT2D eigenvalue weighted by molar-refractivity contribution is 0.601. The van der Waals surface area contributed by atoms with E-state index in [1.807, 2.05) is 0 Å². The molecule has 4 aromatic rings. The summed E-state index contributed by atoms with van der Waals surface area (Å²) < 4.78 is 42.0. The Labute approximate surface area is 166 Å². The van der Waals surface area contributed by atoms with Crippen LogP contribution in [-0.4, -0.2) is 13.4 Å². The van der Waals surface area contributed by atoms with E-state index in [0.29, 0.717) is 27.5 Å². The van der Waals surface area contributed by atoms with Gasteiger partial charge in [0.1, 0.15) is 10.8 Å². The third-order valence-corrected chi connectivity index (χ3v) is 6.37. The third-order valence-electron chi connectivity index (χ3n) is 4.11. The van der Waals surface area contributed by atoms with Crippen LogP contribution in [-0.2, 0) is 10.0 Å². The highest BCUT2D eigenvalue weighted by atomic mass is 32.2. The first kappa shape index (κ1) is 18.3. The highest BCUT2D eigenvalue weighted by Gasteiger charge is 2.18. The predicted molar refractivity (Wildman–Crippen MR) is 110 cm³/mol. The van der Waals surface area contributed by atoms with Crippen LogP contribution in [0.3, 0.4) is 0 Å². The molecule has 0 fully saturated rings. The topological polar surface area (TPSA) is 59.1 Å². The Morgan fingerprint density at radius 2 is 1.46 bits per heavy atom. The Balaban J connectivity index is 1.71. The van der Waals surface area contributed by atoms with Gasteiger partial charge >= 0.3 is 0 Å². The van der Waals surface area contributed by atoms with Gasteiger partial charge in [0.25, 0.3) is 10.0 Å². The fourth-order valence-electron chi connectivity index (χ4n) is 2.75. The lowest BCUT2D eigenvalue weighted by Crippen LogP contribution is -2.13. The molecule has 0 atom stereocenters. The van der Waals surface area contributed by atoms with Gasteiger partial charge in [0, 0.05) is 16.5 Å². The van der Waals surface area contributed by atoms with Crippen molar-refractivity contribution >= 4 is 27.0 Å². The second-order valence-corrected chi connectivity index (χ2v) is 8.52. The van der Waals surface area contributed by atoms with Crippen molar-refractivity contribution in [1.82, 2.24) is 4.98 Å². The average Bonchev–Trinajstić information content (AvgIpc) is 3.19. The summed E-state index contributed by atoms with van der Waals surface area (Å²) in [6.45, 7) is 0. The quantitative estimate of drug-likeness (QED) is 0.478. The summed E-state index contributed by atoms with van der Waals surface area (Å²) in [4.78, 5) is 4.69. The summed E-state index contributed by atoms with van der Waals surface area (Å²) in [6, 6.07) is 21.6. The van der Waals surface area contributed by atoms with Gasteiger partial charge in [-0.1, -0.05) is 48.5 Å². The van der Waals surface area contributed by atoms with Crippen molar-refractivity contribution in [3.8, 4) is 21.8 Å². The zero-order valence-electron chi connectivity index (χ0n) is 14.5. The van der Waals surface area contributed by atoms with Crippen LogP contribution in [0.25, 0.3) is 21.8 Å². The zero-order chi connectivity index (χ0) is 19.6. The third kappa shape index (κ3) is 3.67. The molecule has 4 nitrogen and oxygen atoms in total. The van der Waals surface area contributed by atoms with E-state index in [9.17, 15) is 12.8 Å². The molecule has 0 radical (unpaired) electrons. The van der Waals surface area contributed by atoms with Gasteiger partial charge in [-0.05, 0) is 30.3 Å². The summed E-state index contributed by atoms with van der Waals surface area (Å²) >= 11 is 1.31. The van der Waals surface area contributed by atoms with E-state index in [1.165, 1.54) is 29.5 Å². The second-order valence-electron chi connectivity index (χ2n) is 5.98. The average molecular weight is 410 g/mol. The van der Waals surface area contributed by atoms with Crippen molar-refractivity contribution in [2.75, 3.05) is 4.72 Å². The molecule has 0 bridgehead atoms. The molecule has 140 valence electrons. The molecular weight excluding hydrogens is 395 g/mol. The smallest absolute Gasteiger partial charge is 0.261 e. The highest BCUT2D eigenvalue weighted by molar-refractivity contribution is 7.92. The monoisotopic (exact) mass is 410 g/mol. The minimum Gasteiger partial charge on any atom is -0.279 e. The summed E-state index contributed by atoms with van der Waals surface area (Å²) in [5.74, 6) is -0.346. The zero-order valence-corrected chi connectivity index (χ0v) is 16.2. The van der Waals surface area contributed by atoms with Crippen LogP contribution in [0.2, 0.25) is 0 Å². The number of nitrogens with zero attached hydrogens (tertiary/aromatic N) is 1. The van der Waals surface area contributed by atoms with Crippen LogP contribution in [0.15, 0.2) is 89.1 Å². The molecule has 1 N–H and O–H groups in total. The second kappa shape index (κ2) is 7.53. The molecule has 1 heterocycles. The number of hydrogen-bond donors (Lipinski definition) is 1. The molecule has 3 aromatic carbocycles. The van der Waals surface area contributed by atoms with Crippen LogP contribution in [0.5, 0.6) is 0 Å². The van der Waals surface area contributed by atoms with E-state index in [2.05, 4.69) is 9.71 Å². The Morgan fingerprint density at radius 3 is 2.21 bits per heavy atom. The number of rotatable bonds is 5. The molecule has 0 amide bonds. The van der Waals surface area contributed by atoms with E-state index in [4.69, 9.17) is 0 Å². The fraction of sp³-hybridized carbons (Fsp3) is 0. The highest BCUT2D eigenvalue weighted by Crippen LogP contribution is 2.34. The minimum atomic E-state index is -3.73. The van der Waals surface area contributed by atoms with Crippen LogP contribution in [0.1, 0.15) is 0 Å². The lowest BCUT2D eigenvalue weighted by Gasteiger charge is -2.11. The Bertz CT molecular complexity index is 1220.